The Kier molecular flexibility index (Phi) is 3.36. The lowest BCUT2D eigenvalue weighted by Gasteiger charge is -2.09. The molecule has 1 saturated heterocycles. The molecule has 1 aliphatic heterocycles. The molecule has 1 aliphatic rings. The van der Waals surface area contributed by atoms with Crippen molar-refractivity contribution in [2.45, 2.75) is 26.2 Å². The number of ether oxygens (including phenoxy) is 1. The van der Waals surface area contributed by atoms with Crippen LogP contribution in [0.5, 0.6) is 0 Å². The van der Waals surface area contributed by atoms with Gasteiger partial charge < -0.3 is 4.74 Å². The summed E-state index contributed by atoms with van der Waals surface area (Å²) in [6, 6.07) is 0. The third-order valence-corrected chi connectivity index (χ3v) is 1.84. The normalized spacial score (nSPS) is 18.8. The molecule has 0 saturated carbocycles. The number of carbonyl (C=O) groups is 1. The quantitative estimate of drug-likeness (QED) is 0.450. The van der Waals surface area contributed by atoms with Gasteiger partial charge >= 0.3 is 5.97 Å². The molecule has 64 valence electrons. The van der Waals surface area contributed by atoms with Crippen LogP contribution in [-0.2, 0) is 9.53 Å². The van der Waals surface area contributed by atoms with Crippen LogP contribution in [0.25, 0.3) is 0 Å². The molecule has 1 fully saturated rings. The van der Waals surface area contributed by atoms with E-state index in [0.717, 1.165) is 6.54 Å². The lowest BCUT2D eigenvalue weighted by atomic mass is 10.2. The maximum Gasteiger partial charge on any atom is 0.321 e. The molecule has 1 heterocycles. The van der Waals surface area contributed by atoms with E-state index in [-0.39, 0.29) is 5.97 Å². The monoisotopic (exact) mass is 157 g/mol. The van der Waals surface area contributed by atoms with Crippen LogP contribution in [-0.4, -0.2) is 30.7 Å². The molecule has 0 aromatic carbocycles. The van der Waals surface area contributed by atoms with Crippen LogP contribution in [0, 0.1) is 0 Å². The lowest BCUT2D eigenvalue weighted by molar-refractivity contribution is -0.136. The van der Waals surface area contributed by atoms with E-state index in [2.05, 4.69) is 6.92 Å². The van der Waals surface area contributed by atoms with Gasteiger partial charge in [0.1, 0.15) is 6.73 Å². The van der Waals surface area contributed by atoms with E-state index in [1.54, 1.807) is 0 Å². The molecule has 0 atom stereocenters. The third-order valence-electron chi connectivity index (χ3n) is 1.84. The summed E-state index contributed by atoms with van der Waals surface area (Å²) in [5.74, 6) is -0.0819. The van der Waals surface area contributed by atoms with Crippen molar-refractivity contribution in [1.29, 1.82) is 0 Å². The van der Waals surface area contributed by atoms with Crippen molar-refractivity contribution in [3.05, 3.63) is 0 Å². The van der Waals surface area contributed by atoms with Gasteiger partial charge in [0, 0.05) is 6.54 Å². The summed E-state index contributed by atoms with van der Waals surface area (Å²) in [5.41, 5.74) is 0. The second-order valence-electron chi connectivity index (χ2n) is 2.91. The summed E-state index contributed by atoms with van der Waals surface area (Å²) >= 11 is 0. The van der Waals surface area contributed by atoms with Gasteiger partial charge in [-0.1, -0.05) is 19.8 Å². The van der Waals surface area contributed by atoms with Crippen LogP contribution in [0.2, 0.25) is 0 Å². The van der Waals surface area contributed by atoms with Crippen LogP contribution in [0.1, 0.15) is 26.2 Å². The van der Waals surface area contributed by atoms with Gasteiger partial charge in [-0.15, -0.1) is 0 Å². The number of carbonyl (C=O) groups excluding carboxylic acids is 1. The SMILES string of the molecule is CCCCCN1COC(=O)C1. The number of rotatable bonds is 4. The fourth-order valence-corrected chi connectivity index (χ4v) is 1.17. The Morgan fingerprint density at radius 1 is 1.55 bits per heavy atom. The van der Waals surface area contributed by atoms with Crippen molar-refractivity contribution in [3.8, 4) is 0 Å². The van der Waals surface area contributed by atoms with E-state index in [1.165, 1.54) is 19.3 Å². The van der Waals surface area contributed by atoms with Gasteiger partial charge in [0.05, 0.1) is 6.54 Å². The Labute approximate surface area is 67.3 Å². The highest BCUT2D eigenvalue weighted by Crippen LogP contribution is 2.03. The topological polar surface area (TPSA) is 29.5 Å². The van der Waals surface area contributed by atoms with Crippen molar-refractivity contribution in [1.82, 2.24) is 4.90 Å². The molecule has 0 radical (unpaired) electrons. The van der Waals surface area contributed by atoms with Crippen molar-refractivity contribution < 1.29 is 9.53 Å². The van der Waals surface area contributed by atoms with Crippen LogP contribution in [0.3, 0.4) is 0 Å². The molecule has 1 rings (SSSR count). The third kappa shape index (κ3) is 2.89. The molecule has 0 spiro atoms. The standard InChI is InChI=1S/C8H15NO2/c1-2-3-4-5-9-6-8(10)11-7-9/h2-7H2,1H3. The molecular weight excluding hydrogens is 142 g/mol. The minimum absolute atomic E-state index is 0.0819. The largest absolute Gasteiger partial charge is 0.449 e. The zero-order valence-electron chi connectivity index (χ0n) is 7.01. The van der Waals surface area contributed by atoms with Crippen molar-refractivity contribution >= 4 is 5.97 Å². The number of cyclic esters (lactones) is 1. The molecular formula is C8H15NO2. The van der Waals surface area contributed by atoms with Crippen molar-refractivity contribution in [3.63, 3.8) is 0 Å². The molecule has 0 unspecified atom stereocenters. The Hall–Kier alpha value is -0.570. The first-order valence-electron chi connectivity index (χ1n) is 4.21. The predicted octanol–water partition coefficient (Wildman–Crippen LogP) is 0.993. The molecule has 3 heteroatoms. The zero-order valence-corrected chi connectivity index (χ0v) is 7.01. The van der Waals surface area contributed by atoms with Gasteiger partial charge in [-0.25, -0.2) is 0 Å². The Morgan fingerprint density at radius 2 is 2.36 bits per heavy atom. The first-order valence-corrected chi connectivity index (χ1v) is 4.21. The summed E-state index contributed by atoms with van der Waals surface area (Å²) < 4.78 is 4.78. The molecule has 0 aliphatic carbocycles. The second kappa shape index (κ2) is 4.34. The summed E-state index contributed by atoms with van der Waals surface area (Å²) in [6.07, 6.45) is 3.64. The molecule has 0 bridgehead atoms. The molecule has 0 aromatic rings. The minimum atomic E-state index is -0.0819. The van der Waals surface area contributed by atoms with Crippen molar-refractivity contribution in [2.75, 3.05) is 19.8 Å². The fourth-order valence-electron chi connectivity index (χ4n) is 1.17. The van der Waals surface area contributed by atoms with E-state index in [0.29, 0.717) is 13.3 Å². The number of esters is 1. The summed E-state index contributed by atoms with van der Waals surface area (Å²) in [5, 5.41) is 0. The summed E-state index contributed by atoms with van der Waals surface area (Å²) in [4.78, 5) is 12.7. The first kappa shape index (κ1) is 8.53. The highest BCUT2D eigenvalue weighted by Gasteiger charge is 2.19. The molecule has 3 nitrogen and oxygen atoms in total. The van der Waals surface area contributed by atoms with E-state index in [9.17, 15) is 4.79 Å². The smallest absolute Gasteiger partial charge is 0.321 e. The highest BCUT2D eigenvalue weighted by atomic mass is 16.6. The predicted molar refractivity (Wildman–Crippen MR) is 42.1 cm³/mol. The number of unbranched alkanes of at least 4 members (excludes halogenated alkanes) is 2. The van der Waals surface area contributed by atoms with E-state index in [4.69, 9.17) is 4.74 Å². The van der Waals surface area contributed by atoms with Crippen LogP contribution in [0.4, 0.5) is 0 Å². The summed E-state index contributed by atoms with van der Waals surface area (Å²) in [6.45, 7) is 4.16. The second-order valence-corrected chi connectivity index (χ2v) is 2.91. The lowest BCUT2D eigenvalue weighted by Crippen LogP contribution is -2.21. The van der Waals surface area contributed by atoms with Gasteiger partial charge in [-0.2, -0.15) is 0 Å². The van der Waals surface area contributed by atoms with E-state index < -0.39 is 0 Å². The van der Waals surface area contributed by atoms with Gasteiger partial charge in [-0.3, -0.25) is 9.69 Å². The highest BCUT2D eigenvalue weighted by molar-refractivity contribution is 5.73. The van der Waals surface area contributed by atoms with Gasteiger partial charge in [-0.05, 0) is 6.42 Å². The molecule has 0 amide bonds. The van der Waals surface area contributed by atoms with Gasteiger partial charge in [0.2, 0.25) is 0 Å². The van der Waals surface area contributed by atoms with Crippen LogP contribution >= 0.6 is 0 Å². The molecule has 0 aromatic heterocycles. The minimum Gasteiger partial charge on any atom is -0.449 e. The van der Waals surface area contributed by atoms with E-state index in [1.807, 2.05) is 4.90 Å². The Balaban J connectivity index is 2.04. The average molecular weight is 157 g/mol. The van der Waals surface area contributed by atoms with Gasteiger partial charge in [0.15, 0.2) is 0 Å². The van der Waals surface area contributed by atoms with E-state index >= 15 is 0 Å². The number of hydrogen-bond acceptors (Lipinski definition) is 3. The first-order chi connectivity index (χ1) is 5.33. The molecule has 11 heavy (non-hydrogen) atoms. The zero-order chi connectivity index (χ0) is 8.10. The fraction of sp³-hybridized carbons (Fsp3) is 0.875. The Bertz CT molecular complexity index is 136. The average Bonchev–Trinajstić information content (AvgIpc) is 2.37. The Morgan fingerprint density at radius 3 is 2.91 bits per heavy atom. The number of hydrogen-bond donors (Lipinski definition) is 0. The van der Waals surface area contributed by atoms with Crippen LogP contribution in [0.15, 0.2) is 0 Å². The van der Waals surface area contributed by atoms with Crippen LogP contribution < -0.4 is 0 Å². The number of nitrogens with zero attached hydrogens (tertiary/aromatic N) is 1. The maximum absolute atomic E-state index is 10.6. The summed E-state index contributed by atoms with van der Waals surface area (Å²) in [7, 11) is 0. The maximum atomic E-state index is 10.6. The van der Waals surface area contributed by atoms with Gasteiger partial charge in [0.25, 0.3) is 0 Å². The molecule has 0 N–H and O–H groups in total. The van der Waals surface area contributed by atoms with Crippen molar-refractivity contribution in [2.24, 2.45) is 0 Å².